The molecule has 0 radical (unpaired) electrons. The second-order valence-electron chi connectivity index (χ2n) is 9.84. The van der Waals surface area contributed by atoms with Gasteiger partial charge in [-0.2, -0.15) is 0 Å². The van der Waals surface area contributed by atoms with Gasteiger partial charge in [0.2, 0.25) is 0 Å². The fourth-order valence-electron chi connectivity index (χ4n) is 5.83. The lowest BCUT2D eigenvalue weighted by molar-refractivity contribution is -0.113. The Labute approximate surface area is 210 Å². The number of aryl methyl sites for hydroxylation is 2. The molecule has 2 aliphatic heterocycles. The Bertz CT molecular complexity index is 1480. The summed E-state index contributed by atoms with van der Waals surface area (Å²) in [5, 5.41) is 11.7. The first-order chi connectivity index (χ1) is 17.5. The van der Waals surface area contributed by atoms with E-state index in [1.165, 1.54) is 34.1 Å². The number of anilines is 1. The van der Waals surface area contributed by atoms with Crippen LogP contribution in [-0.4, -0.2) is 41.1 Å². The molecule has 3 aromatic rings. The van der Waals surface area contributed by atoms with Gasteiger partial charge in [-0.1, -0.05) is 18.7 Å². The third kappa shape index (κ3) is 3.56. The Kier molecular flexibility index (Phi) is 5.51. The molecule has 6 heteroatoms. The third-order valence-electron chi connectivity index (χ3n) is 7.68. The van der Waals surface area contributed by atoms with Gasteiger partial charge in [0.05, 0.1) is 30.1 Å². The standard InChI is InChI=1S/C30H29N3O3/c1-17-26(16-36-2)24(29(35)15-34)13-28-30-25(14-33(17)28)22(10-18-6-8-21(31)9-7-18)23-11-19-4-3-5-20(19)12-27(23)32-30/h6-9,11-13,15,29,35H,1,3-5,10,14,16,31H2,2H3. The van der Waals surface area contributed by atoms with E-state index in [0.29, 0.717) is 18.4 Å². The molecule has 0 saturated carbocycles. The van der Waals surface area contributed by atoms with Gasteiger partial charge in [0.1, 0.15) is 6.10 Å². The van der Waals surface area contributed by atoms with Crippen molar-refractivity contribution >= 4 is 28.6 Å². The van der Waals surface area contributed by atoms with Gasteiger partial charge in [0, 0.05) is 35.0 Å². The molecule has 0 spiro atoms. The van der Waals surface area contributed by atoms with Gasteiger partial charge in [-0.05, 0) is 83.9 Å². The fraction of sp³-hybridized carbons (Fsp3) is 0.267. The number of hydrogen-bond donors (Lipinski definition) is 2. The predicted molar refractivity (Wildman–Crippen MR) is 141 cm³/mol. The van der Waals surface area contributed by atoms with Crippen LogP contribution >= 0.6 is 0 Å². The summed E-state index contributed by atoms with van der Waals surface area (Å²) in [5.41, 5.74) is 17.8. The molecule has 0 bridgehead atoms. The topological polar surface area (TPSA) is 88.7 Å². The van der Waals surface area contributed by atoms with Crippen LogP contribution in [0.4, 0.5) is 5.69 Å². The number of ether oxygens (including phenoxy) is 1. The number of benzene rings is 2. The molecule has 6 rings (SSSR count). The number of pyridine rings is 1. The van der Waals surface area contributed by atoms with Gasteiger partial charge in [-0.3, -0.25) is 0 Å². The monoisotopic (exact) mass is 479 g/mol. The SMILES string of the molecule is C=C1C(COC)=C(C(O)C=O)C=C2c3nc4cc5c(cc4c(Cc4ccc(N)cc4)c3CN12)CCC5. The molecule has 0 saturated heterocycles. The highest BCUT2D eigenvalue weighted by molar-refractivity contribution is 5.90. The van der Waals surface area contributed by atoms with Crippen molar-refractivity contribution in [2.75, 3.05) is 19.5 Å². The highest BCUT2D eigenvalue weighted by Crippen LogP contribution is 2.45. The maximum Gasteiger partial charge on any atom is 0.153 e. The molecule has 1 aromatic heterocycles. The van der Waals surface area contributed by atoms with Gasteiger partial charge in [0.15, 0.2) is 6.29 Å². The molecule has 1 aliphatic carbocycles. The van der Waals surface area contributed by atoms with E-state index in [2.05, 4.69) is 35.7 Å². The molecule has 1 unspecified atom stereocenters. The van der Waals surface area contributed by atoms with Crippen LogP contribution in [-0.2, 0) is 35.3 Å². The van der Waals surface area contributed by atoms with Crippen molar-refractivity contribution in [2.24, 2.45) is 0 Å². The summed E-state index contributed by atoms with van der Waals surface area (Å²) in [5.74, 6) is 0. The Morgan fingerprint density at radius 2 is 1.97 bits per heavy atom. The highest BCUT2D eigenvalue weighted by Gasteiger charge is 2.36. The number of aliphatic hydroxyl groups excluding tert-OH is 1. The summed E-state index contributed by atoms with van der Waals surface area (Å²) >= 11 is 0. The molecule has 3 N–H and O–H groups in total. The molecule has 1 atom stereocenters. The van der Waals surface area contributed by atoms with Crippen molar-refractivity contribution in [1.29, 1.82) is 0 Å². The number of nitrogen functional groups attached to an aromatic ring is 1. The van der Waals surface area contributed by atoms with E-state index in [1.54, 1.807) is 7.11 Å². The molecule has 3 aliphatic rings. The molecule has 2 aromatic carbocycles. The van der Waals surface area contributed by atoms with E-state index < -0.39 is 6.10 Å². The summed E-state index contributed by atoms with van der Waals surface area (Å²) < 4.78 is 5.40. The largest absolute Gasteiger partial charge is 0.399 e. The number of aldehydes is 1. The zero-order valence-electron chi connectivity index (χ0n) is 20.4. The number of aliphatic hydroxyl groups is 1. The van der Waals surface area contributed by atoms with E-state index in [1.807, 2.05) is 18.2 Å². The predicted octanol–water partition coefficient (Wildman–Crippen LogP) is 4.08. The van der Waals surface area contributed by atoms with Crippen molar-refractivity contribution in [1.82, 2.24) is 9.88 Å². The second-order valence-corrected chi connectivity index (χ2v) is 9.84. The van der Waals surface area contributed by atoms with Crippen LogP contribution in [0.3, 0.4) is 0 Å². The molecule has 0 amide bonds. The van der Waals surface area contributed by atoms with Crippen LogP contribution in [0.5, 0.6) is 0 Å². The van der Waals surface area contributed by atoms with Crippen LogP contribution in [0.15, 0.2) is 65.9 Å². The first kappa shape index (κ1) is 22.7. The Morgan fingerprint density at radius 3 is 2.69 bits per heavy atom. The summed E-state index contributed by atoms with van der Waals surface area (Å²) in [7, 11) is 1.60. The number of carbonyl (C=O) groups is 1. The van der Waals surface area contributed by atoms with Crippen molar-refractivity contribution in [3.05, 3.63) is 99.4 Å². The Balaban J connectivity index is 1.57. The van der Waals surface area contributed by atoms with Crippen LogP contribution in [0.25, 0.3) is 16.6 Å². The molecule has 3 heterocycles. The minimum atomic E-state index is -1.25. The summed E-state index contributed by atoms with van der Waals surface area (Å²) in [4.78, 5) is 18.8. The number of nitrogens with zero attached hydrogens (tertiary/aromatic N) is 2. The molecular formula is C30H29N3O3. The van der Waals surface area contributed by atoms with Crippen LogP contribution < -0.4 is 5.73 Å². The quantitative estimate of drug-likeness (QED) is 0.409. The van der Waals surface area contributed by atoms with Crippen molar-refractivity contribution in [2.45, 2.75) is 38.3 Å². The molecular weight excluding hydrogens is 450 g/mol. The lowest BCUT2D eigenvalue weighted by atomic mass is 9.92. The Morgan fingerprint density at radius 1 is 1.22 bits per heavy atom. The van der Waals surface area contributed by atoms with Crippen molar-refractivity contribution in [3.8, 4) is 0 Å². The van der Waals surface area contributed by atoms with E-state index in [0.717, 1.165) is 58.7 Å². The molecule has 182 valence electrons. The molecule has 36 heavy (non-hydrogen) atoms. The first-order valence-corrected chi connectivity index (χ1v) is 12.3. The number of methoxy groups -OCH3 is 1. The average Bonchev–Trinajstić information content (AvgIpc) is 3.49. The summed E-state index contributed by atoms with van der Waals surface area (Å²) in [6, 6.07) is 12.6. The smallest absolute Gasteiger partial charge is 0.153 e. The number of rotatable bonds is 6. The number of nitrogens with two attached hydrogens (primary N) is 1. The maximum atomic E-state index is 11.5. The number of hydrogen-bond acceptors (Lipinski definition) is 6. The number of aromatic nitrogens is 1. The van der Waals surface area contributed by atoms with Crippen LogP contribution in [0, 0.1) is 0 Å². The molecule has 0 fully saturated rings. The van der Waals surface area contributed by atoms with Gasteiger partial charge in [-0.15, -0.1) is 0 Å². The minimum Gasteiger partial charge on any atom is -0.399 e. The van der Waals surface area contributed by atoms with E-state index in [4.69, 9.17) is 15.5 Å². The van der Waals surface area contributed by atoms with Gasteiger partial charge >= 0.3 is 0 Å². The lowest BCUT2D eigenvalue weighted by Gasteiger charge is -2.31. The summed E-state index contributed by atoms with van der Waals surface area (Å²) in [6.07, 6.45) is 5.31. The lowest BCUT2D eigenvalue weighted by Crippen LogP contribution is -2.26. The minimum absolute atomic E-state index is 0.260. The highest BCUT2D eigenvalue weighted by atomic mass is 16.5. The van der Waals surface area contributed by atoms with E-state index in [-0.39, 0.29) is 6.61 Å². The zero-order chi connectivity index (χ0) is 25.0. The Hall–Kier alpha value is -3.74. The number of carbonyl (C=O) groups excluding carboxylic acids is 1. The van der Waals surface area contributed by atoms with Crippen LogP contribution in [0.1, 0.15) is 39.9 Å². The van der Waals surface area contributed by atoms with Gasteiger partial charge in [0.25, 0.3) is 0 Å². The van der Waals surface area contributed by atoms with Gasteiger partial charge in [-0.25, -0.2) is 4.98 Å². The van der Waals surface area contributed by atoms with Crippen molar-refractivity contribution < 1.29 is 14.6 Å². The fourth-order valence-corrected chi connectivity index (χ4v) is 5.83. The maximum absolute atomic E-state index is 11.5. The average molecular weight is 480 g/mol. The van der Waals surface area contributed by atoms with Crippen molar-refractivity contribution in [3.63, 3.8) is 0 Å². The first-order valence-electron chi connectivity index (χ1n) is 12.3. The van der Waals surface area contributed by atoms with E-state index in [9.17, 15) is 9.90 Å². The van der Waals surface area contributed by atoms with E-state index >= 15 is 0 Å². The van der Waals surface area contributed by atoms with Gasteiger partial charge < -0.3 is 25.3 Å². The normalized spacial score (nSPS) is 17.2. The molecule has 6 nitrogen and oxygen atoms in total. The summed E-state index contributed by atoms with van der Waals surface area (Å²) in [6.45, 7) is 5.22. The second kappa shape index (κ2) is 8.73. The van der Waals surface area contributed by atoms with Crippen LogP contribution in [0.2, 0.25) is 0 Å². The third-order valence-corrected chi connectivity index (χ3v) is 7.68. The number of fused-ring (bicyclic) bond motifs is 5. The zero-order valence-corrected chi connectivity index (χ0v) is 20.4.